The molecule has 16 heavy (non-hydrogen) atoms. The van der Waals surface area contributed by atoms with Gasteiger partial charge in [0.2, 0.25) is 0 Å². The van der Waals surface area contributed by atoms with Gasteiger partial charge >= 0.3 is 0 Å². The minimum Gasteiger partial charge on any atom is -0.497 e. The van der Waals surface area contributed by atoms with Crippen LogP contribution in [0, 0.1) is 4.91 Å². The quantitative estimate of drug-likeness (QED) is 0.693. The second kappa shape index (κ2) is 6.00. The molecule has 0 bridgehead atoms. The zero-order valence-electron chi connectivity index (χ0n) is 9.47. The molecule has 0 aromatic heterocycles. The first kappa shape index (κ1) is 12.4. The van der Waals surface area contributed by atoms with E-state index in [1.807, 2.05) is 24.3 Å². The summed E-state index contributed by atoms with van der Waals surface area (Å²) in [7, 11) is 1.58. The van der Waals surface area contributed by atoms with E-state index in [9.17, 15) is 9.70 Å². The molecule has 0 aliphatic heterocycles. The van der Waals surface area contributed by atoms with Crippen molar-refractivity contribution in [3.05, 3.63) is 34.7 Å². The maximum absolute atomic E-state index is 11.1. The van der Waals surface area contributed by atoms with Crippen molar-refractivity contribution >= 4 is 5.78 Å². The molecule has 0 heterocycles. The first-order valence-electron chi connectivity index (χ1n) is 5.10. The van der Waals surface area contributed by atoms with Crippen LogP contribution in [0.2, 0.25) is 0 Å². The number of Topliss-reactive ketones (excluding diaryl/α,β-unsaturated/α-hetero) is 1. The molecule has 1 aromatic carbocycles. The monoisotopic (exact) mass is 221 g/mol. The number of carbonyl (C=O) groups excluding carboxylic acids is 1. The van der Waals surface area contributed by atoms with Crippen molar-refractivity contribution in [2.45, 2.75) is 19.3 Å². The highest BCUT2D eigenvalue weighted by Crippen LogP contribution is 2.24. The summed E-state index contributed by atoms with van der Waals surface area (Å²) in [6, 6.07) is 7.37. The maximum Gasteiger partial charge on any atom is 0.130 e. The highest BCUT2D eigenvalue weighted by Gasteiger charge is 2.14. The Labute approximate surface area is 94.6 Å². The van der Waals surface area contributed by atoms with Crippen molar-refractivity contribution in [3.8, 4) is 5.75 Å². The van der Waals surface area contributed by atoms with E-state index >= 15 is 0 Å². The largest absolute Gasteiger partial charge is 0.497 e. The number of methoxy groups -OCH3 is 1. The van der Waals surface area contributed by atoms with Crippen LogP contribution in [-0.4, -0.2) is 19.4 Å². The molecule has 4 heteroatoms. The number of nitrogens with zero attached hydrogens (tertiary/aromatic N) is 1. The lowest BCUT2D eigenvalue weighted by molar-refractivity contribution is -0.117. The van der Waals surface area contributed by atoms with Gasteiger partial charge in [-0.25, -0.2) is 0 Å². The Morgan fingerprint density at radius 2 is 2.25 bits per heavy atom. The third-order valence-corrected chi connectivity index (χ3v) is 2.39. The number of ether oxygens (including phenoxy) is 1. The van der Waals surface area contributed by atoms with Crippen molar-refractivity contribution < 1.29 is 9.53 Å². The molecular formula is C12H15NO3. The van der Waals surface area contributed by atoms with Gasteiger partial charge in [0.15, 0.2) is 0 Å². The van der Waals surface area contributed by atoms with Crippen molar-refractivity contribution in [1.29, 1.82) is 0 Å². The minimum absolute atomic E-state index is 0.0523. The Morgan fingerprint density at radius 1 is 1.50 bits per heavy atom. The molecule has 1 aromatic rings. The molecule has 1 unspecified atom stereocenters. The van der Waals surface area contributed by atoms with Gasteiger partial charge in [-0.1, -0.05) is 17.3 Å². The van der Waals surface area contributed by atoms with E-state index in [4.69, 9.17) is 4.74 Å². The SMILES string of the molecule is COc1cccc(C(CN=O)CC(C)=O)c1. The van der Waals surface area contributed by atoms with Crippen molar-refractivity contribution in [3.63, 3.8) is 0 Å². The van der Waals surface area contributed by atoms with Crippen LogP contribution in [0.4, 0.5) is 0 Å². The lowest BCUT2D eigenvalue weighted by Gasteiger charge is -2.13. The molecule has 0 aliphatic carbocycles. The molecule has 0 saturated carbocycles. The van der Waals surface area contributed by atoms with Gasteiger partial charge in [-0.2, -0.15) is 4.91 Å². The summed E-state index contributed by atoms with van der Waals surface area (Å²) in [5.74, 6) is 0.624. The molecule has 0 aliphatic rings. The molecule has 0 saturated heterocycles. The number of benzene rings is 1. The first-order chi connectivity index (χ1) is 7.67. The predicted molar refractivity (Wildman–Crippen MR) is 61.7 cm³/mol. The zero-order chi connectivity index (χ0) is 12.0. The van der Waals surface area contributed by atoms with Crippen molar-refractivity contribution in [2.75, 3.05) is 13.7 Å². The highest BCUT2D eigenvalue weighted by atomic mass is 16.5. The Bertz CT molecular complexity index is 376. The highest BCUT2D eigenvalue weighted by molar-refractivity contribution is 5.76. The number of hydrogen-bond acceptors (Lipinski definition) is 4. The number of rotatable bonds is 6. The molecular weight excluding hydrogens is 206 g/mol. The molecule has 0 spiro atoms. The summed E-state index contributed by atoms with van der Waals surface area (Å²) in [5.41, 5.74) is 0.911. The van der Waals surface area contributed by atoms with Crippen LogP contribution in [0.3, 0.4) is 0 Å². The molecule has 4 nitrogen and oxygen atoms in total. The second-order valence-electron chi connectivity index (χ2n) is 3.69. The maximum atomic E-state index is 11.1. The summed E-state index contributed by atoms with van der Waals surface area (Å²) >= 11 is 0. The summed E-state index contributed by atoms with van der Waals surface area (Å²) < 4.78 is 5.09. The summed E-state index contributed by atoms with van der Waals surface area (Å²) in [6.45, 7) is 1.63. The van der Waals surface area contributed by atoms with Gasteiger partial charge in [-0.3, -0.25) is 0 Å². The Balaban J connectivity index is 2.90. The van der Waals surface area contributed by atoms with Gasteiger partial charge in [-0.15, -0.1) is 0 Å². The lowest BCUT2D eigenvalue weighted by Crippen LogP contribution is -2.07. The van der Waals surface area contributed by atoms with Crippen LogP contribution in [0.25, 0.3) is 0 Å². The normalized spacial score (nSPS) is 11.9. The average Bonchev–Trinajstić information content (AvgIpc) is 2.28. The minimum atomic E-state index is -0.148. The fourth-order valence-electron chi connectivity index (χ4n) is 1.62. The van der Waals surface area contributed by atoms with Crippen molar-refractivity contribution in [1.82, 2.24) is 0 Å². The summed E-state index contributed by atoms with van der Waals surface area (Å²) in [6.07, 6.45) is 0.332. The van der Waals surface area contributed by atoms with E-state index in [0.29, 0.717) is 6.42 Å². The molecule has 1 rings (SSSR count). The lowest BCUT2D eigenvalue weighted by atomic mass is 9.94. The molecule has 1 atom stereocenters. The van der Waals surface area contributed by atoms with Gasteiger partial charge < -0.3 is 9.53 Å². The molecule has 86 valence electrons. The molecule has 0 fully saturated rings. The van der Waals surface area contributed by atoms with Crippen LogP contribution in [-0.2, 0) is 4.79 Å². The molecule has 0 amide bonds. The zero-order valence-corrected chi connectivity index (χ0v) is 9.47. The van der Waals surface area contributed by atoms with E-state index in [0.717, 1.165) is 11.3 Å². The van der Waals surface area contributed by atoms with E-state index in [1.54, 1.807) is 7.11 Å². The number of hydrogen-bond donors (Lipinski definition) is 0. The van der Waals surface area contributed by atoms with Gasteiger partial charge in [0, 0.05) is 12.3 Å². The Morgan fingerprint density at radius 3 is 2.81 bits per heavy atom. The second-order valence-corrected chi connectivity index (χ2v) is 3.69. The van der Waals surface area contributed by atoms with Gasteiger partial charge in [0.05, 0.1) is 13.7 Å². The van der Waals surface area contributed by atoms with Gasteiger partial charge in [0.25, 0.3) is 0 Å². The third kappa shape index (κ3) is 3.46. The number of ketones is 1. The van der Waals surface area contributed by atoms with E-state index in [-0.39, 0.29) is 18.2 Å². The van der Waals surface area contributed by atoms with Crippen LogP contribution >= 0.6 is 0 Å². The fourth-order valence-corrected chi connectivity index (χ4v) is 1.62. The van der Waals surface area contributed by atoms with Crippen LogP contribution in [0.5, 0.6) is 5.75 Å². The summed E-state index contributed by atoms with van der Waals surface area (Å²) in [4.78, 5) is 21.4. The van der Waals surface area contributed by atoms with Gasteiger partial charge in [-0.05, 0) is 24.6 Å². The van der Waals surface area contributed by atoms with Crippen LogP contribution in [0.15, 0.2) is 29.4 Å². The van der Waals surface area contributed by atoms with E-state index < -0.39 is 0 Å². The Kier molecular flexibility index (Phi) is 4.64. The fraction of sp³-hybridized carbons (Fsp3) is 0.417. The molecule has 0 radical (unpaired) electrons. The van der Waals surface area contributed by atoms with Crippen molar-refractivity contribution in [2.24, 2.45) is 5.18 Å². The van der Waals surface area contributed by atoms with E-state index in [1.165, 1.54) is 6.92 Å². The third-order valence-electron chi connectivity index (χ3n) is 2.39. The summed E-state index contributed by atoms with van der Waals surface area (Å²) in [5, 5.41) is 2.88. The molecule has 0 N–H and O–H groups in total. The smallest absolute Gasteiger partial charge is 0.130 e. The number of carbonyl (C=O) groups is 1. The standard InChI is InChI=1S/C12H15NO3/c1-9(14)6-11(8-13-15)10-4-3-5-12(7-10)16-2/h3-5,7,11H,6,8H2,1-2H3. The van der Waals surface area contributed by atoms with Crippen LogP contribution < -0.4 is 4.74 Å². The Hall–Kier alpha value is -1.71. The van der Waals surface area contributed by atoms with Crippen LogP contribution in [0.1, 0.15) is 24.8 Å². The van der Waals surface area contributed by atoms with E-state index in [2.05, 4.69) is 5.18 Å². The number of nitroso groups, excluding NO2 is 1. The van der Waals surface area contributed by atoms with Gasteiger partial charge in [0.1, 0.15) is 11.5 Å². The first-order valence-corrected chi connectivity index (χ1v) is 5.10. The average molecular weight is 221 g/mol. The predicted octanol–water partition coefficient (Wildman–Crippen LogP) is 2.52. The topological polar surface area (TPSA) is 55.7 Å².